The number of rotatable bonds is 17. The lowest BCUT2D eigenvalue weighted by atomic mass is 9.86. The SMILES string of the molecule is O=C(Cc1cccc(CNC(C(=O)O[C@H]2CN3CCC2CC3)c2ccccc2F)c1)O[C@@H](Cc1c(Cl)c[n+]([O-])cc1Cl)c1ccc(OC(F)F)c(OCC2CC2)c1. The van der Waals surface area contributed by atoms with E-state index in [1.807, 2.05) is 6.07 Å². The number of carbonyl (C=O) groups excluding carboxylic acids is 2. The smallest absolute Gasteiger partial charge is 0.387 e. The van der Waals surface area contributed by atoms with Crippen molar-refractivity contribution < 1.29 is 46.4 Å². The number of benzene rings is 3. The minimum absolute atomic E-state index is 0.0444. The zero-order valence-corrected chi connectivity index (χ0v) is 32.4. The molecule has 0 radical (unpaired) electrons. The number of hydrogen-bond acceptors (Lipinski definition) is 9. The predicted molar refractivity (Wildman–Crippen MR) is 204 cm³/mol. The Bertz CT molecular complexity index is 2040. The van der Waals surface area contributed by atoms with E-state index in [2.05, 4.69) is 10.2 Å². The zero-order chi connectivity index (χ0) is 40.1. The van der Waals surface area contributed by atoms with Gasteiger partial charge in [-0.15, -0.1) is 0 Å². The predicted octanol–water partition coefficient (Wildman–Crippen LogP) is 7.69. The zero-order valence-electron chi connectivity index (χ0n) is 30.9. The van der Waals surface area contributed by atoms with Gasteiger partial charge in [-0.1, -0.05) is 71.7 Å². The Balaban J connectivity index is 1.07. The van der Waals surface area contributed by atoms with Gasteiger partial charge in [-0.2, -0.15) is 13.5 Å². The second-order valence-corrected chi connectivity index (χ2v) is 15.6. The number of nitrogens with zero attached hydrogens (tertiary/aromatic N) is 2. The van der Waals surface area contributed by atoms with Crippen LogP contribution in [0.4, 0.5) is 13.2 Å². The number of fused-ring (bicyclic) bond motifs is 3. The van der Waals surface area contributed by atoms with Gasteiger partial charge in [-0.3, -0.25) is 15.0 Å². The molecule has 3 aliphatic heterocycles. The molecule has 4 fully saturated rings. The fraction of sp³-hybridized carbons (Fsp3) is 0.405. The Morgan fingerprint density at radius 3 is 2.35 bits per heavy atom. The third kappa shape index (κ3) is 10.7. The third-order valence-electron chi connectivity index (χ3n) is 10.6. The van der Waals surface area contributed by atoms with Crippen LogP contribution in [0, 0.1) is 22.9 Å². The van der Waals surface area contributed by atoms with Gasteiger partial charge in [0.2, 0.25) is 0 Å². The Morgan fingerprint density at radius 2 is 1.67 bits per heavy atom. The lowest BCUT2D eigenvalue weighted by Crippen LogP contribution is -2.52. The van der Waals surface area contributed by atoms with Crippen molar-refractivity contribution in [3.8, 4) is 11.5 Å². The highest BCUT2D eigenvalue weighted by Crippen LogP contribution is 2.38. The maximum atomic E-state index is 15.1. The average Bonchev–Trinajstić information content (AvgIpc) is 4.01. The number of pyridine rings is 1. The van der Waals surface area contributed by atoms with Crippen molar-refractivity contribution in [1.82, 2.24) is 10.2 Å². The number of nitrogens with one attached hydrogen (secondary N) is 1. The number of piperidine rings is 3. The molecule has 1 saturated carbocycles. The molecule has 3 aromatic carbocycles. The molecule has 1 aromatic heterocycles. The molecule has 4 aliphatic rings. The average molecular weight is 829 g/mol. The molecule has 1 aliphatic carbocycles. The van der Waals surface area contributed by atoms with Crippen LogP contribution in [0.2, 0.25) is 10.0 Å². The minimum Gasteiger partial charge on any atom is -0.619 e. The molecule has 4 heterocycles. The Kier molecular flexibility index (Phi) is 13.1. The summed E-state index contributed by atoms with van der Waals surface area (Å²) in [5.41, 5.74) is 2.21. The molecule has 8 rings (SSSR count). The molecule has 0 amide bonds. The van der Waals surface area contributed by atoms with Gasteiger partial charge in [0.25, 0.3) is 0 Å². The molecule has 3 saturated heterocycles. The van der Waals surface area contributed by atoms with Crippen molar-refractivity contribution in [1.29, 1.82) is 0 Å². The normalized spacial score (nSPS) is 19.9. The summed E-state index contributed by atoms with van der Waals surface area (Å²) in [5.74, 6) is -1.24. The number of aromatic nitrogens is 1. The highest BCUT2D eigenvalue weighted by molar-refractivity contribution is 6.35. The molecule has 0 spiro atoms. The third-order valence-corrected chi connectivity index (χ3v) is 11.3. The van der Waals surface area contributed by atoms with Crippen molar-refractivity contribution >= 4 is 35.1 Å². The molecule has 57 heavy (non-hydrogen) atoms. The first-order valence-corrected chi connectivity index (χ1v) is 19.7. The van der Waals surface area contributed by atoms with Gasteiger partial charge in [0.15, 0.2) is 23.9 Å². The van der Waals surface area contributed by atoms with E-state index >= 15 is 4.39 Å². The monoisotopic (exact) mass is 827 g/mol. The van der Waals surface area contributed by atoms with Gasteiger partial charge in [0.05, 0.1) is 13.0 Å². The first kappa shape index (κ1) is 40.6. The van der Waals surface area contributed by atoms with Crippen LogP contribution in [-0.4, -0.2) is 55.8 Å². The van der Waals surface area contributed by atoms with Crippen LogP contribution in [0.1, 0.15) is 65.6 Å². The quantitative estimate of drug-likeness (QED) is 0.0651. The molecule has 1 unspecified atom stereocenters. The number of esters is 2. The fourth-order valence-corrected chi connectivity index (χ4v) is 7.99. The highest BCUT2D eigenvalue weighted by atomic mass is 35.5. The van der Waals surface area contributed by atoms with Crippen molar-refractivity contribution in [3.05, 3.63) is 128 Å². The summed E-state index contributed by atoms with van der Waals surface area (Å²) in [6.07, 6.45) is 4.58. The van der Waals surface area contributed by atoms with E-state index in [9.17, 15) is 23.6 Å². The molecule has 302 valence electrons. The first-order valence-electron chi connectivity index (χ1n) is 18.9. The standard InChI is InChI=1S/C42H42Cl2F3N3O7/c43-32-21-50(53)22-33(44)31(32)19-36(29-10-11-35(57-42(46)47)37(18-29)54-24-25-8-9-25)55-39(51)17-26-4-3-5-27(16-26)20-48-40(30-6-1-2-7-34(30)45)41(52)56-38-23-49-14-12-28(38)13-15-49/h1-7,10-11,16,18,21-22,25,28,36,38,40,42,48H,8-9,12-15,17,19-20,23-24H2/t36-,38-,40?/m0/s1. The summed E-state index contributed by atoms with van der Waals surface area (Å²) in [4.78, 5) is 29.5. The van der Waals surface area contributed by atoms with Crippen molar-refractivity contribution in [2.24, 2.45) is 11.8 Å². The fourth-order valence-electron chi connectivity index (χ4n) is 7.39. The van der Waals surface area contributed by atoms with Gasteiger partial charge < -0.3 is 24.2 Å². The van der Waals surface area contributed by atoms with E-state index in [4.69, 9.17) is 42.1 Å². The van der Waals surface area contributed by atoms with Gasteiger partial charge >= 0.3 is 18.6 Å². The van der Waals surface area contributed by atoms with Crippen LogP contribution < -0.4 is 19.5 Å². The van der Waals surface area contributed by atoms with Crippen LogP contribution in [0.15, 0.2) is 79.1 Å². The van der Waals surface area contributed by atoms with E-state index in [0.717, 1.165) is 56.7 Å². The molecule has 15 heteroatoms. The summed E-state index contributed by atoms with van der Waals surface area (Å²) in [5, 5.41) is 15.2. The van der Waals surface area contributed by atoms with Crippen LogP contribution in [0.25, 0.3) is 0 Å². The van der Waals surface area contributed by atoms with Crippen LogP contribution in [-0.2, 0) is 38.4 Å². The van der Waals surface area contributed by atoms with Crippen molar-refractivity contribution in [2.45, 2.75) is 69.9 Å². The topological polar surface area (TPSA) is 113 Å². The number of ether oxygens (including phenoxy) is 4. The number of alkyl halides is 2. The van der Waals surface area contributed by atoms with Crippen molar-refractivity contribution in [2.75, 3.05) is 26.2 Å². The summed E-state index contributed by atoms with van der Waals surface area (Å²) in [6.45, 7) is 0.00621. The highest BCUT2D eigenvalue weighted by Gasteiger charge is 2.38. The maximum Gasteiger partial charge on any atom is 0.387 e. The van der Waals surface area contributed by atoms with Crippen LogP contribution in [0.3, 0.4) is 0 Å². The molecule has 3 atom stereocenters. The molecule has 2 bridgehead atoms. The van der Waals surface area contributed by atoms with Crippen molar-refractivity contribution in [3.63, 3.8) is 0 Å². The van der Waals surface area contributed by atoms with E-state index in [1.54, 1.807) is 36.4 Å². The lowest BCUT2D eigenvalue weighted by molar-refractivity contribution is -0.605. The van der Waals surface area contributed by atoms with Gasteiger partial charge in [-0.05, 0) is 85.5 Å². The lowest BCUT2D eigenvalue weighted by Gasteiger charge is -2.44. The second kappa shape index (κ2) is 18.4. The van der Waals surface area contributed by atoms with Crippen LogP contribution in [0.5, 0.6) is 11.5 Å². The van der Waals surface area contributed by atoms with Gasteiger partial charge in [0, 0.05) is 30.6 Å². The minimum atomic E-state index is -3.09. The maximum absolute atomic E-state index is 15.1. The second-order valence-electron chi connectivity index (χ2n) is 14.8. The van der Waals surface area contributed by atoms with E-state index in [0.29, 0.717) is 40.5 Å². The molecular formula is C42H42Cl2F3N3O7. The number of hydrogen-bond donors (Lipinski definition) is 1. The molecular weight excluding hydrogens is 786 g/mol. The number of halogens is 5. The van der Waals surface area contributed by atoms with Crippen LogP contribution >= 0.6 is 23.2 Å². The Labute approximate surface area is 338 Å². The molecule has 10 nitrogen and oxygen atoms in total. The summed E-state index contributed by atoms with van der Waals surface area (Å²) in [7, 11) is 0. The largest absolute Gasteiger partial charge is 0.619 e. The van der Waals surface area contributed by atoms with E-state index < -0.39 is 36.5 Å². The summed E-state index contributed by atoms with van der Waals surface area (Å²) in [6, 6.07) is 16.4. The summed E-state index contributed by atoms with van der Waals surface area (Å²) >= 11 is 12.8. The first-order chi connectivity index (χ1) is 27.5. The van der Waals surface area contributed by atoms with E-state index in [1.165, 1.54) is 24.3 Å². The molecule has 4 aromatic rings. The van der Waals surface area contributed by atoms with E-state index in [-0.39, 0.29) is 58.5 Å². The Morgan fingerprint density at radius 1 is 0.930 bits per heavy atom. The van der Waals surface area contributed by atoms with Gasteiger partial charge in [0.1, 0.15) is 34.1 Å². The van der Waals surface area contributed by atoms with Gasteiger partial charge in [-0.25, -0.2) is 9.18 Å². The summed E-state index contributed by atoms with van der Waals surface area (Å²) < 4.78 is 64.7. The molecule has 1 N–H and O–H groups in total. The Hall–Kier alpha value is -4.56. The number of carbonyl (C=O) groups is 2.